The SMILES string of the molecule is C#Cc1cnc(NCCC2=CCc3ccccc32)nc1NC1CCC(O)CC1. The van der Waals surface area contributed by atoms with Crippen LogP contribution in [0.2, 0.25) is 0 Å². The van der Waals surface area contributed by atoms with Gasteiger partial charge in [-0.2, -0.15) is 4.98 Å². The largest absolute Gasteiger partial charge is 0.393 e. The second-order valence-electron chi connectivity index (χ2n) is 7.52. The molecule has 2 aromatic rings. The number of fused-ring (bicyclic) bond motifs is 1. The van der Waals surface area contributed by atoms with E-state index < -0.39 is 0 Å². The second kappa shape index (κ2) is 8.45. The summed E-state index contributed by atoms with van der Waals surface area (Å²) in [6.07, 6.45) is 14.9. The van der Waals surface area contributed by atoms with Crippen LogP contribution < -0.4 is 10.6 Å². The minimum atomic E-state index is -0.178. The van der Waals surface area contributed by atoms with E-state index in [1.165, 1.54) is 16.7 Å². The lowest BCUT2D eigenvalue weighted by atomic mass is 9.93. The van der Waals surface area contributed by atoms with Crippen molar-refractivity contribution in [2.75, 3.05) is 17.2 Å². The van der Waals surface area contributed by atoms with E-state index in [1.807, 2.05) is 0 Å². The molecule has 0 bridgehead atoms. The summed E-state index contributed by atoms with van der Waals surface area (Å²) < 4.78 is 0. The molecule has 2 aliphatic rings. The van der Waals surface area contributed by atoms with Crippen LogP contribution in [0.3, 0.4) is 0 Å². The fourth-order valence-corrected chi connectivity index (χ4v) is 4.00. The van der Waals surface area contributed by atoms with Crippen LogP contribution in [0, 0.1) is 12.3 Å². The van der Waals surface area contributed by atoms with Gasteiger partial charge in [0, 0.05) is 12.6 Å². The molecule has 0 aliphatic heterocycles. The smallest absolute Gasteiger partial charge is 0.224 e. The maximum atomic E-state index is 9.69. The highest BCUT2D eigenvalue weighted by Gasteiger charge is 2.20. The second-order valence-corrected chi connectivity index (χ2v) is 7.52. The standard InChI is InChI=1S/C23H26N4O/c1-2-16-15-25-23(27-22(16)26-19-9-11-20(28)12-10-19)24-14-13-18-8-7-17-5-3-4-6-21(17)18/h1,3-6,8,15,19-20,28H,7,9-14H2,(H2,24,25,26,27). The molecule has 4 rings (SSSR count). The maximum absolute atomic E-state index is 9.69. The van der Waals surface area contributed by atoms with Gasteiger partial charge >= 0.3 is 0 Å². The van der Waals surface area contributed by atoms with Crippen molar-refractivity contribution in [1.82, 2.24) is 9.97 Å². The highest BCUT2D eigenvalue weighted by Crippen LogP contribution is 2.29. The molecule has 0 unspecified atom stereocenters. The summed E-state index contributed by atoms with van der Waals surface area (Å²) in [5, 5.41) is 16.5. The Labute approximate surface area is 166 Å². The molecule has 2 aliphatic carbocycles. The Bertz CT molecular complexity index is 907. The summed E-state index contributed by atoms with van der Waals surface area (Å²) in [6, 6.07) is 8.86. The van der Waals surface area contributed by atoms with Gasteiger partial charge in [-0.15, -0.1) is 6.42 Å². The molecule has 0 saturated heterocycles. The first-order chi connectivity index (χ1) is 13.7. The summed E-state index contributed by atoms with van der Waals surface area (Å²) in [6.45, 7) is 0.768. The third-order valence-electron chi connectivity index (χ3n) is 5.59. The van der Waals surface area contributed by atoms with Gasteiger partial charge in [0.05, 0.1) is 17.9 Å². The monoisotopic (exact) mass is 374 g/mol. The van der Waals surface area contributed by atoms with Crippen molar-refractivity contribution in [3.8, 4) is 12.3 Å². The van der Waals surface area contributed by atoms with Crippen molar-refractivity contribution >= 4 is 17.3 Å². The number of hydrogen-bond donors (Lipinski definition) is 3. The molecule has 0 atom stereocenters. The molecule has 1 heterocycles. The normalized spacial score (nSPS) is 20.8. The summed E-state index contributed by atoms with van der Waals surface area (Å²) >= 11 is 0. The summed E-state index contributed by atoms with van der Waals surface area (Å²) in [7, 11) is 0. The average molecular weight is 374 g/mol. The predicted octanol–water partition coefficient (Wildman–Crippen LogP) is 3.62. The number of benzene rings is 1. The Morgan fingerprint density at radius 3 is 2.82 bits per heavy atom. The van der Waals surface area contributed by atoms with Gasteiger partial charge in [0.25, 0.3) is 0 Å². The number of aliphatic hydroxyl groups excluding tert-OH is 1. The third-order valence-corrected chi connectivity index (χ3v) is 5.59. The van der Waals surface area contributed by atoms with Crippen molar-refractivity contribution in [2.24, 2.45) is 0 Å². The lowest BCUT2D eigenvalue weighted by Crippen LogP contribution is -2.29. The van der Waals surface area contributed by atoms with Gasteiger partial charge in [0.2, 0.25) is 5.95 Å². The molecule has 1 aromatic heterocycles. The van der Waals surface area contributed by atoms with Crippen molar-refractivity contribution < 1.29 is 5.11 Å². The van der Waals surface area contributed by atoms with Gasteiger partial charge in [-0.25, -0.2) is 4.98 Å². The first-order valence-corrected chi connectivity index (χ1v) is 10.0. The number of hydrogen-bond acceptors (Lipinski definition) is 5. The highest BCUT2D eigenvalue weighted by molar-refractivity contribution is 5.73. The Morgan fingerprint density at radius 2 is 2.00 bits per heavy atom. The molecule has 28 heavy (non-hydrogen) atoms. The zero-order valence-corrected chi connectivity index (χ0v) is 16.0. The van der Waals surface area contributed by atoms with Crippen molar-refractivity contribution in [2.45, 2.75) is 50.7 Å². The zero-order chi connectivity index (χ0) is 19.3. The van der Waals surface area contributed by atoms with Gasteiger partial charge in [-0.1, -0.05) is 36.3 Å². The van der Waals surface area contributed by atoms with E-state index in [0.29, 0.717) is 23.4 Å². The van der Waals surface area contributed by atoms with Gasteiger partial charge in [-0.05, 0) is 55.2 Å². The molecular weight excluding hydrogens is 348 g/mol. The van der Waals surface area contributed by atoms with E-state index in [2.05, 4.69) is 56.9 Å². The fraction of sp³-hybridized carbons (Fsp3) is 0.391. The van der Waals surface area contributed by atoms with Gasteiger partial charge in [-0.3, -0.25) is 0 Å². The lowest BCUT2D eigenvalue weighted by Gasteiger charge is -2.27. The van der Waals surface area contributed by atoms with Crippen molar-refractivity contribution in [1.29, 1.82) is 0 Å². The Balaban J connectivity index is 1.37. The van der Waals surface area contributed by atoms with E-state index in [1.54, 1.807) is 6.20 Å². The topological polar surface area (TPSA) is 70.1 Å². The Morgan fingerprint density at radius 1 is 1.18 bits per heavy atom. The van der Waals surface area contributed by atoms with Crippen LogP contribution in [-0.2, 0) is 6.42 Å². The quantitative estimate of drug-likeness (QED) is 0.674. The van der Waals surface area contributed by atoms with E-state index in [4.69, 9.17) is 6.42 Å². The van der Waals surface area contributed by atoms with Crippen LogP contribution in [0.5, 0.6) is 0 Å². The number of aliphatic hydroxyl groups is 1. The lowest BCUT2D eigenvalue weighted by molar-refractivity contribution is 0.126. The Kier molecular flexibility index (Phi) is 5.59. The number of allylic oxidation sites excluding steroid dienone is 1. The number of nitrogens with one attached hydrogen (secondary N) is 2. The molecule has 0 amide bonds. The number of aromatic nitrogens is 2. The molecule has 0 spiro atoms. The van der Waals surface area contributed by atoms with E-state index in [-0.39, 0.29) is 6.10 Å². The van der Waals surface area contributed by atoms with E-state index in [9.17, 15) is 5.11 Å². The van der Waals surface area contributed by atoms with Gasteiger partial charge in [0.1, 0.15) is 5.82 Å². The third kappa shape index (κ3) is 4.18. The molecule has 1 fully saturated rings. The summed E-state index contributed by atoms with van der Waals surface area (Å²) in [4.78, 5) is 8.97. The van der Waals surface area contributed by atoms with Crippen LogP contribution in [0.4, 0.5) is 11.8 Å². The first-order valence-electron chi connectivity index (χ1n) is 10.0. The van der Waals surface area contributed by atoms with Crippen molar-refractivity contribution in [3.63, 3.8) is 0 Å². The van der Waals surface area contributed by atoms with E-state index >= 15 is 0 Å². The minimum Gasteiger partial charge on any atom is -0.393 e. The van der Waals surface area contributed by atoms with Crippen LogP contribution in [-0.4, -0.2) is 33.8 Å². The molecule has 1 aromatic carbocycles. The van der Waals surface area contributed by atoms with Gasteiger partial charge in [0.15, 0.2) is 0 Å². The van der Waals surface area contributed by atoms with Crippen LogP contribution in [0.15, 0.2) is 36.5 Å². The van der Waals surface area contributed by atoms with Gasteiger partial charge < -0.3 is 15.7 Å². The molecule has 5 heteroatoms. The number of nitrogens with zero attached hydrogens (tertiary/aromatic N) is 2. The molecule has 0 radical (unpaired) electrons. The number of rotatable bonds is 6. The average Bonchev–Trinajstić information content (AvgIpc) is 3.13. The summed E-state index contributed by atoms with van der Waals surface area (Å²) in [5.41, 5.74) is 4.80. The Hall–Kier alpha value is -2.84. The predicted molar refractivity (Wildman–Crippen MR) is 113 cm³/mol. The molecule has 5 nitrogen and oxygen atoms in total. The van der Waals surface area contributed by atoms with Crippen LogP contribution >= 0.6 is 0 Å². The minimum absolute atomic E-state index is 0.178. The maximum Gasteiger partial charge on any atom is 0.224 e. The number of terminal acetylenes is 1. The molecule has 3 N–H and O–H groups in total. The highest BCUT2D eigenvalue weighted by atomic mass is 16.3. The zero-order valence-electron chi connectivity index (χ0n) is 16.0. The summed E-state index contributed by atoms with van der Waals surface area (Å²) in [5.74, 6) is 3.95. The molecular formula is C23H26N4O. The fourth-order valence-electron chi connectivity index (χ4n) is 4.00. The molecule has 1 saturated carbocycles. The van der Waals surface area contributed by atoms with Crippen LogP contribution in [0.25, 0.3) is 5.57 Å². The first kappa shape index (κ1) is 18.5. The van der Waals surface area contributed by atoms with Crippen molar-refractivity contribution in [3.05, 3.63) is 53.2 Å². The molecule has 144 valence electrons. The van der Waals surface area contributed by atoms with Crippen LogP contribution in [0.1, 0.15) is 48.8 Å². The number of anilines is 2. The van der Waals surface area contributed by atoms with E-state index in [0.717, 1.165) is 45.1 Å².